The summed E-state index contributed by atoms with van der Waals surface area (Å²) in [5.74, 6) is 3.27. The number of aryl methyl sites for hydroxylation is 1. The Hall–Kier alpha value is -2.31. The van der Waals surface area contributed by atoms with Crippen molar-refractivity contribution in [3.05, 3.63) is 58.2 Å². The molecule has 0 amide bonds. The summed E-state index contributed by atoms with van der Waals surface area (Å²) in [6.45, 7) is 0.540. The lowest BCUT2D eigenvalue weighted by molar-refractivity contribution is 0.465. The van der Waals surface area contributed by atoms with Gasteiger partial charge in [0.15, 0.2) is 11.6 Å². The maximum atomic E-state index is 6.15. The number of nitrogens with zero attached hydrogens (tertiary/aromatic N) is 4. The first-order valence-electron chi connectivity index (χ1n) is 8.32. The number of nitrogens with one attached hydrogen (secondary N) is 1. The van der Waals surface area contributed by atoms with E-state index in [2.05, 4.69) is 20.4 Å². The predicted octanol–water partition coefficient (Wildman–Crippen LogP) is 4.80. The van der Waals surface area contributed by atoms with Crippen LogP contribution in [0.25, 0.3) is 0 Å². The van der Waals surface area contributed by atoms with Gasteiger partial charge in [0.1, 0.15) is 10.8 Å². The molecule has 1 aliphatic carbocycles. The van der Waals surface area contributed by atoms with Gasteiger partial charge in [-0.2, -0.15) is 5.10 Å². The van der Waals surface area contributed by atoms with E-state index in [9.17, 15) is 0 Å². The van der Waals surface area contributed by atoms with Crippen LogP contribution in [-0.2, 0) is 13.6 Å². The van der Waals surface area contributed by atoms with Crippen LogP contribution in [0.3, 0.4) is 0 Å². The van der Waals surface area contributed by atoms with E-state index in [1.54, 1.807) is 6.07 Å². The molecule has 1 fully saturated rings. The quantitative estimate of drug-likeness (QED) is 0.655. The zero-order chi connectivity index (χ0) is 18.1. The standard InChI is InChI=1S/C18H17Cl2N5O/c1-25-16(23-17(24-25)11-6-7-11)10-21-14-4-2-3-5-15(14)26-18-13(20)8-12(19)9-22-18/h2-5,8-9,11,21H,6-7,10H2,1H3. The van der Waals surface area contributed by atoms with E-state index in [-0.39, 0.29) is 0 Å². The van der Waals surface area contributed by atoms with Crippen molar-refractivity contribution >= 4 is 28.9 Å². The summed E-state index contributed by atoms with van der Waals surface area (Å²) in [4.78, 5) is 8.76. The lowest BCUT2D eigenvalue weighted by atomic mass is 10.3. The second-order valence-corrected chi connectivity index (χ2v) is 7.02. The van der Waals surface area contributed by atoms with Crippen LogP contribution in [0.15, 0.2) is 36.5 Å². The third-order valence-corrected chi connectivity index (χ3v) is 4.59. The summed E-state index contributed by atoms with van der Waals surface area (Å²) >= 11 is 12.0. The lowest BCUT2D eigenvalue weighted by Gasteiger charge is -2.12. The smallest absolute Gasteiger partial charge is 0.238 e. The number of hydrogen-bond acceptors (Lipinski definition) is 5. The van der Waals surface area contributed by atoms with E-state index in [0.717, 1.165) is 17.3 Å². The Morgan fingerprint density at radius 3 is 2.85 bits per heavy atom. The minimum atomic E-state index is 0.306. The molecule has 0 bridgehead atoms. The van der Waals surface area contributed by atoms with Crippen molar-refractivity contribution in [3.63, 3.8) is 0 Å². The van der Waals surface area contributed by atoms with Crippen LogP contribution in [0.1, 0.15) is 30.4 Å². The zero-order valence-electron chi connectivity index (χ0n) is 14.1. The molecule has 1 N–H and O–H groups in total. The van der Waals surface area contributed by atoms with E-state index in [4.69, 9.17) is 27.9 Å². The van der Waals surface area contributed by atoms with Crippen molar-refractivity contribution in [1.29, 1.82) is 0 Å². The van der Waals surface area contributed by atoms with Gasteiger partial charge in [-0.3, -0.25) is 4.68 Å². The van der Waals surface area contributed by atoms with E-state index >= 15 is 0 Å². The Morgan fingerprint density at radius 1 is 1.27 bits per heavy atom. The molecule has 0 atom stereocenters. The molecule has 1 aromatic carbocycles. The van der Waals surface area contributed by atoms with Crippen LogP contribution in [0.2, 0.25) is 10.0 Å². The molecule has 4 rings (SSSR count). The average Bonchev–Trinajstić information content (AvgIpc) is 3.40. The van der Waals surface area contributed by atoms with Gasteiger partial charge in [-0.1, -0.05) is 35.3 Å². The topological polar surface area (TPSA) is 64.9 Å². The van der Waals surface area contributed by atoms with Gasteiger partial charge in [-0.05, 0) is 31.0 Å². The first-order chi connectivity index (χ1) is 12.6. The fourth-order valence-corrected chi connectivity index (χ4v) is 2.98. The molecule has 0 spiro atoms. The lowest BCUT2D eigenvalue weighted by Crippen LogP contribution is -2.07. The SMILES string of the molecule is Cn1nc(C2CC2)nc1CNc1ccccc1Oc1ncc(Cl)cc1Cl. The summed E-state index contributed by atoms with van der Waals surface area (Å²) in [7, 11) is 1.91. The highest BCUT2D eigenvalue weighted by atomic mass is 35.5. The number of hydrogen-bond donors (Lipinski definition) is 1. The maximum Gasteiger partial charge on any atom is 0.238 e. The first-order valence-corrected chi connectivity index (χ1v) is 9.07. The molecule has 1 saturated carbocycles. The Bertz CT molecular complexity index is 939. The fourth-order valence-electron chi connectivity index (χ4n) is 2.56. The van der Waals surface area contributed by atoms with Crippen molar-refractivity contribution in [1.82, 2.24) is 19.7 Å². The summed E-state index contributed by atoms with van der Waals surface area (Å²) < 4.78 is 7.68. The highest BCUT2D eigenvalue weighted by Gasteiger charge is 2.28. The Labute approximate surface area is 161 Å². The van der Waals surface area contributed by atoms with E-state index in [0.29, 0.717) is 34.1 Å². The van der Waals surface area contributed by atoms with Gasteiger partial charge in [0, 0.05) is 19.2 Å². The molecule has 3 aromatic rings. The number of anilines is 1. The molecule has 134 valence electrons. The normalized spacial score (nSPS) is 13.7. The number of rotatable bonds is 6. The number of pyridine rings is 1. The molecule has 0 saturated heterocycles. The molecule has 2 heterocycles. The molecule has 2 aromatic heterocycles. The molecule has 0 aliphatic heterocycles. The van der Waals surface area contributed by atoms with Crippen LogP contribution in [0.5, 0.6) is 11.6 Å². The molecule has 1 aliphatic rings. The van der Waals surface area contributed by atoms with Crippen molar-refractivity contribution in [2.75, 3.05) is 5.32 Å². The highest BCUT2D eigenvalue weighted by Crippen LogP contribution is 2.38. The summed E-state index contributed by atoms with van der Waals surface area (Å²) in [6.07, 6.45) is 3.86. The third-order valence-electron chi connectivity index (χ3n) is 4.12. The van der Waals surface area contributed by atoms with Crippen LogP contribution < -0.4 is 10.1 Å². The zero-order valence-corrected chi connectivity index (χ0v) is 15.6. The number of para-hydroxylation sites is 2. The van der Waals surface area contributed by atoms with E-state index < -0.39 is 0 Å². The molecular weight excluding hydrogens is 373 g/mol. The minimum Gasteiger partial charge on any atom is -0.435 e. The van der Waals surface area contributed by atoms with E-state index in [1.807, 2.05) is 36.0 Å². The van der Waals surface area contributed by atoms with Crippen LogP contribution in [-0.4, -0.2) is 19.7 Å². The molecule has 0 unspecified atom stereocenters. The van der Waals surface area contributed by atoms with Crippen LogP contribution in [0.4, 0.5) is 5.69 Å². The summed E-state index contributed by atoms with van der Waals surface area (Å²) in [5, 5.41) is 8.66. The van der Waals surface area contributed by atoms with Crippen molar-refractivity contribution in [2.24, 2.45) is 7.05 Å². The monoisotopic (exact) mass is 389 g/mol. The van der Waals surface area contributed by atoms with Gasteiger partial charge < -0.3 is 10.1 Å². The Morgan fingerprint density at radius 2 is 2.08 bits per heavy atom. The predicted molar refractivity (Wildman–Crippen MR) is 101 cm³/mol. The fraction of sp³-hybridized carbons (Fsp3) is 0.278. The third kappa shape index (κ3) is 3.76. The van der Waals surface area contributed by atoms with Gasteiger partial charge in [-0.25, -0.2) is 9.97 Å². The number of halogens is 2. The van der Waals surface area contributed by atoms with Crippen LogP contribution in [0, 0.1) is 0 Å². The molecule has 6 nitrogen and oxygen atoms in total. The summed E-state index contributed by atoms with van der Waals surface area (Å²) in [5.41, 5.74) is 0.816. The van der Waals surface area contributed by atoms with Crippen molar-refractivity contribution < 1.29 is 4.74 Å². The Balaban J connectivity index is 1.50. The number of ether oxygens (including phenoxy) is 1. The molecule has 26 heavy (non-hydrogen) atoms. The average molecular weight is 390 g/mol. The minimum absolute atomic E-state index is 0.306. The molecular formula is C18H17Cl2N5O. The van der Waals surface area contributed by atoms with Crippen LogP contribution >= 0.6 is 23.2 Å². The number of benzene rings is 1. The second kappa shape index (κ2) is 7.13. The molecule has 0 radical (unpaired) electrons. The van der Waals surface area contributed by atoms with Gasteiger partial charge >= 0.3 is 0 Å². The van der Waals surface area contributed by atoms with Gasteiger partial charge in [0.25, 0.3) is 0 Å². The first kappa shape index (κ1) is 17.1. The van der Waals surface area contributed by atoms with E-state index in [1.165, 1.54) is 19.0 Å². The van der Waals surface area contributed by atoms with Crippen molar-refractivity contribution in [3.8, 4) is 11.6 Å². The Kier molecular flexibility index (Phi) is 4.70. The summed E-state index contributed by atoms with van der Waals surface area (Å²) in [6, 6.07) is 9.19. The number of aromatic nitrogens is 4. The molecule has 8 heteroatoms. The van der Waals surface area contributed by atoms with Gasteiger partial charge in [0.05, 0.1) is 17.3 Å². The second-order valence-electron chi connectivity index (χ2n) is 6.18. The highest BCUT2D eigenvalue weighted by molar-refractivity contribution is 6.35. The van der Waals surface area contributed by atoms with Gasteiger partial charge in [0.2, 0.25) is 5.88 Å². The van der Waals surface area contributed by atoms with Gasteiger partial charge in [-0.15, -0.1) is 0 Å². The largest absolute Gasteiger partial charge is 0.435 e. The maximum absolute atomic E-state index is 6.15. The van der Waals surface area contributed by atoms with Crippen molar-refractivity contribution in [2.45, 2.75) is 25.3 Å².